The molecular weight excluding hydrogens is 280 g/mol. The van der Waals surface area contributed by atoms with Gasteiger partial charge in [-0.25, -0.2) is 0 Å². The zero-order valence-corrected chi connectivity index (χ0v) is 12.4. The fourth-order valence-electron chi connectivity index (χ4n) is 2.86. The van der Waals surface area contributed by atoms with Gasteiger partial charge in [0.1, 0.15) is 5.60 Å². The molecule has 96 valence electrons. The average Bonchev–Trinajstić information content (AvgIpc) is 2.83. The summed E-state index contributed by atoms with van der Waals surface area (Å²) in [6, 6.07) is 0.279. The van der Waals surface area contributed by atoms with Gasteiger partial charge in [0, 0.05) is 6.04 Å². The van der Waals surface area contributed by atoms with Gasteiger partial charge in [0.2, 0.25) is 0 Å². The van der Waals surface area contributed by atoms with Gasteiger partial charge in [-0.1, -0.05) is 13.3 Å². The largest absolute Gasteiger partial charge is 0.384 e. The molecule has 4 heteroatoms. The van der Waals surface area contributed by atoms with E-state index in [2.05, 4.69) is 41.8 Å². The summed E-state index contributed by atoms with van der Waals surface area (Å²) < 4.78 is 2.88. The van der Waals surface area contributed by atoms with E-state index >= 15 is 0 Å². The first kappa shape index (κ1) is 13.1. The average molecular weight is 301 g/mol. The van der Waals surface area contributed by atoms with Crippen LogP contribution in [0.1, 0.15) is 58.2 Å². The summed E-state index contributed by atoms with van der Waals surface area (Å²) in [7, 11) is 0. The molecule has 1 N–H and O–H groups in total. The van der Waals surface area contributed by atoms with E-state index in [1.807, 2.05) is 4.68 Å². The summed E-state index contributed by atoms with van der Waals surface area (Å²) in [6.45, 7) is 6.39. The van der Waals surface area contributed by atoms with Crippen molar-refractivity contribution < 1.29 is 5.11 Å². The van der Waals surface area contributed by atoms with Crippen molar-refractivity contribution >= 4 is 15.9 Å². The molecule has 0 amide bonds. The Balaban J connectivity index is 2.36. The molecule has 1 fully saturated rings. The molecule has 2 rings (SSSR count). The van der Waals surface area contributed by atoms with Gasteiger partial charge >= 0.3 is 0 Å². The maximum Gasteiger partial charge on any atom is 0.108 e. The van der Waals surface area contributed by atoms with Gasteiger partial charge in [-0.3, -0.25) is 4.68 Å². The first-order valence-electron chi connectivity index (χ1n) is 6.43. The fraction of sp³-hybridized carbons (Fsp3) is 0.769. The highest BCUT2D eigenvalue weighted by molar-refractivity contribution is 9.10. The minimum Gasteiger partial charge on any atom is -0.384 e. The summed E-state index contributed by atoms with van der Waals surface area (Å²) in [5.41, 5.74) is 0.267. The van der Waals surface area contributed by atoms with Crippen LogP contribution in [0.25, 0.3) is 0 Å². The number of aliphatic hydroxyl groups is 1. The van der Waals surface area contributed by atoms with E-state index in [4.69, 9.17) is 0 Å². The van der Waals surface area contributed by atoms with Gasteiger partial charge in [0.05, 0.1) is 16.4 Å². The normalized spacial score (nSPS) is 29.2. The molecule has 2 unspecified atom stereocenters. The van der Waals surface area contributed by atoms with E-state index in [1.54, 1.807) is 6.20 Å². The Kier molecular flexibility index (Phi) is 3.64. The van der Waals surface area contributed by atoms with Crippen LogP contribution in [0, 0.1) is 5.92 Å². The van der Waals surface area contributed by atoms with Crippen LogP contribution < -0.4 is 0 Å². The first-order valence-corrected chi connectivity index (χ1v) is 7.23. The van der Waals surface area contributed by atoms with Gasteiger partial charge in [0.15, 0.2) is 0 Å². The van der Waals surface area contributed by atoms with Crippen LogP contribution in [0.4, 0.5) is 0 Å². The number of nitrogens with zero attached hydrogens (tertiary/aromatic N) is 2. The standard InChI is InChI=1S/C13H21BrN2O/c1-4-10-5-6-13(17,7-10)12-11(14)8-15-16(12)9(2)3/h8-10,17H,4-7H2,1-3H3. The molecule has 0 bridgehead atoms. The summed E-state index contributed by atoms with van der Waals surface area (Å²) >= 11 is 3.53. The molecule has 0 aliphatic heterocycles. The summed E-state index contributed by atoms with van der Waals surface area (Å²) in [5, 5.41) is 15.2. The third-order valence-electron chi connectivity index (χ3n) is 3.85. The molecule has 1 aromatic heterocycles. The molecule has 0 radical (unpaired) electrons. The lowest BCUT2D eigenvalue weighted by atomic mass is 9.95. The van der Waals surface area contributed by atoms with Crippen molar-refractivity contribution in [2.75, 3.05) is 0 Å². The third-order valence-corrected chi connectivity index (χ3v) is 4.43. The fourth-order valence-corrected chi connectivity index (χ4v) is 3.50. The number of halogens is 1. The van der Waals surface area contributed by atoms with Crippen LogP contribution in [0.2, 0.25) is 0 Å². The van der Waals surface area contributed by atoms with E-state index in [9.17, 15) is 5.11 Å². The van der Waals surface area contributed by atoms with Crippen LogP contribution >= 0.6 is 15.9 Å². The zero-order valence-electron chi connectivity index (χ0n) is 10.8. The Morgan fingerprint density at radius 2 is 2.35 bits per heavy atom. The van der Waals surface area contributed by atoms with Crippen molar-refractivity contribution in [2.45, 2.75) is 58.1 Å². The summed E-state index contributed by atoms with van der Waals surface area (Å²) in [5.74, 6) is 0.641. The van der Waals surface area contributed by atoms with Crippen LogP contribution in [-0.4, -0.2) is 14.9 Å². The predicted molar refractivity (Wildman–Crippen MR) is 71.8 cm³/mol. The molecule has 1 aromatic rings. The Morgan fingerprint density at radius 1 is 1.65 bits per heavy atom. The SMILES string of the molecule is CCC1CCC(O)(c2c(Br)cnn2C(C)C)C1. The molecular formula is C13H21BrN2O. The van der Waals surface area contributed by atoms with Crippen LogP contribution in [0.3, 0.4) is 0 Å². The lowest BCUT2D eigenvalue weighted by Gasteiger charge is -2.26. The monoisotopic (exact) mass is 300 g/mol. The van der Waals surface area contributed by atoms with Gasteiger partial charge in [-0.15, -0.1) is 0 Å². The van der Waals surface area contributed by atoms with Gasteiger partial charge in [-0.05, 0) is 55.0 Å². The summed E-state index contributed by atoms with van der Waals surface area (Å²) in [4.78, 5) is 0. The van der Waals surface area contributed by atoms with Crippen molar-refractivity contribution in [2.24, 2.45) is 5.92 Å². The number of rotatable bonds is 3. The highest BCUT2D eigenvalue weighted by Crippen LogP contribution is 2.45. The highest BCUT2D eigenvalue weighted by Gasteiger charge is 2.42. The van der Waals surface area contributed by atoms with Crippen molar-refractivity contribution in [1.29, 1.82) is 0 Å². The molecule has 3 nitrogen and oxygen atoms in total. The first-order chi connectivity index (χ1) is 7.98. The van der Waals surface area contributed by atoms with Crippen LogP contribution in [0.15, 0.2) is 10.7 Å². The van der Waals surface area contributed by atoms with E-state index in [1.165, 1.54) is 0 Å². The molecule has 0 spiro atoms. The molecule has 1 aliphatic carbocycles. The second kappa shape index (κ2) is 4.73. The Labute approximate surface area is 111 Å². The minimum absolute atomic E-state index is 0.279. The summed E-state index contributed by atoms with van der Waals surface area (Å²) in [6.07, 6.45) is 5.77. The van der Waals surface area contributed by atoms with Crippen LogP contribution in [0.5, 0.6) is 0 Å². The van der Waals surface area contributed by atoms with Gasteiger partial charge < -0.3 is 5.11 Å². The van der Waals surface area contributed by atoms with E-state index < -0.39 is 5.60 Å². The number of hydrogen-bond donors (Lipinski definition) is 1. The molecule has 17 heavy (non-hydrogen) atoms. The zero-order chi connectivity index (χ0) is 12.6. The van der Waals surface area contributed by atoms with E-state index in [0.717, 1.165) is 35.8 Å². The molecule has 1 saturated carbocycles. The Hall–Kier alpha value is -0.350. The lowest BCUT2D eigenvalue weighted by molar-refractivity contribution is 0.0286. The van der Waals surface area contributed by atoms with Crippen molar-refractivity contribution in [1.82, 2.24) is 9.78 Å². The quantitative estimate of drug-likeness (QED) is 0.926. The molecule has 2 atom stereocenters. The second-order valence-electron chi connectivity index (χ2n) is 5.43. The highest BCUT2D eigenvalue weighted by atomic mass is 79.9. The van der Waals surface area contributed by atoms with Crippen molar-refractivity contribution in [3.05, 3.63) is 16.4 Å². The topological polar surface area (TPSA) is 38.1 Å². The van der Waals surface area contributed by atoms with Crippen LogP contribution in [-0.2, 0) is 5.60 Å². The molecule has 1 heterocycles. The van der Waals surface area contributed by atoms with Gasteiger partial charge in [0.25, 0.3) is 0 Å². The Morgan fingerprint density at radius 3 is 2.88 bits per heavy atom. The third kappa shape index (κ3) is 2.29. The smallest absolute Gasteiger partial charge is 0.108 e. The van der Waals surface area contributed by atoms with Crippen molar-refractivity contribution in [3.63, 3.8) is 0 Å². The van der Waals surface area contributed by atoms with E-state index in [-0.39, 0.29) is 6.04 Å². The lowest BCUT2D eigenvalue weighted by Crippen LogP contribution is -2.27. The maximum atomic E-state index is 10.9. The second-order valence-corrected chi connectivity index (χ2v) is 6.28. The predicted octanol–water partition coefficient (Wildman–Crippen LogP) is 3.62. The molecule has 0 saturated heterocycles. The maximum absolute atomic E-state index is 10.9. The Bertz CT molecular complexity index is 402. The van der Waals surface area contributed by atoms with Crippen molar-refractivity contribution in [3.8, 4) is 0 Å². The molecule has 0 aromatic carbocycles. The number of hydrogen-bond acceptors (Lipinski definition) is 2. The molecule has 1 aliphatic rings. The number of aromatic nitrogens is 2. The minimum atomic E-state index is -0.694. The van der Waals surface area contributed by atoms with E-state index in [0.29, 0.717) is 5.92 Å². The van der Waals surface area contributed by atoms with Gasteiger partial charge in [-0.2, -0.15) is 5.10 Å².